The normalized spacial score (nSPS) is 11.8. The van der Waals surface area contributed by atoms with Crippen molar-refractivity contribution in [2.45, 2.75) is 13.0 Å². The quantitative estimate of drug-likeness (QED) is 0.687. The van der Waals surface area contributed by atoms with Gasteiger partial charge in [0.15, 0.2) is 6.54 Å². The summed E-state index contributed by atoms with van der Waals surface area (Å²) in [5.74, 6) is -1.82. The van der Waals surface area contributed by atoms with Crippen LogP contribution in [0.25, 0.3) is 0 Å². The molecule has 0 aliphatic rings. The number of hydrogen-bond acceptors (Lipinski definition) is 1. The molecule has 0 aliphatic heterocycles. The molecule has 1 amide bonds. The topological polar surface area (TPSA) is 45.7 Å². The minimum Gasteiger partial charge on any atom is -0.328 e. The number of anilines is 1. The van der Waals surface area contributed by atoms with E-state index in [2.05, 4.69) is 5.32 Å². The Hall–Kier alpha value is -3.05. The lowest BCUT2D eigenvalue weighted by atomic mass is 9.98. The Morgan fingerprint density at radius 2 is 1.63 bits per heavy atom. The fourth-order valence-electron chi connectivity index (χ4n) is 2.92. The number of quaternary nitrogens is 1. The molecule has 3 N–H and O–H groups in total. The van der Waals surface area contributed by atoms with Crippen LogP contribution in [0.5, 0.6) is 0 Å². The summed E-state index contributed by atoms with van der Waals surface area (Å²) in [5, 5.41) is 4.39. The Bertz CT molecular complexity index is 911. The predicted molar refractivity (Wildman–Crippen MR) is 101 cm³/mol. The standard InChI is InChI=1S/C22H20F2N2O/c1-15-7-9-17(10-8-15)22(16-5-3-2-4-6-16)25-14-21(27)26-20-12-11-18(23)13-19(20)24/h2-13,22,25H,14H2,1H3,(H,26,27)/p+1/t22-/m1/s1. The summed E-state index contributed by atoms with van der Waals surface area (Å²) >= 11 is 0. The monoisotopic (exact) mass is 367 g/mol. The molecule has 3 nitrogen and oxygen atoms in total. The molecule has 5 heteroatoms. The fourth-order valence-corrected chi connectivity index (χ4v) is 2.92. The van der Waals surface area contributed by atoms with Gasteiger partial charge in [-0.25, -0.2) is 8.78 Å². The molecule has 0 aromatic heterocycles. The van der Waals surface area contributed by atoms with Crippen LogP contribution in [0.1, 0.15) is 22.7 Å². The first-order valence-corrected chi connectivity index (χ1v) is 8.72. The van der Waals surface area contributed by atoms with Gasteiger partial charge in [-0.3, -0.25) is 4.79 Å². The SMILES string of the molecule is Cc1ccc([C@H]([NH2+]CC(=O)Nc2ccc(F)cc2F)c2ccccc2)cc1. The van der Waals surface area contributed by atoms with Gasteiger partial charge in [-0.15, -0.1) is 0 Å². The highest BCUT2D eigenvalue weighted by Crippen LogP contribution is 2.19. The van der Waals surface area contributed by atoms with Gasteiger partial charge in [-0.1, -0.05) is 60.2 Å². The number of halogens is 2. The van der Waals surface area contributed by atoms with Crippen molar-refractivity contribution in [1.82, 2.24) is 0 Å². The summed E-state index contributed by atoms with van der Waals surface area (Å²) in [5.41, 5.74) is 3.28. The Kier molecular flexibility index (Phi) is 5.94. The summed E-state index contributed by atoms with van der Waals surface area (Å²) in [6.07, 6.45) is 0. The first-order valence-electron chi connectivity index (χ1n) is 8.72. The molecule has 3 aromatic rings. The zero-order valence-electron chi connectivity index (χ0n) is 15.0. The third kappa shape index (κ3) is 4.99. The predicted octanol–water partition coefficient (Wildman–Crippen LogP) is 3.56. The van der Waals surface area contributed by atoms with E-state index in [1.807, 2.05) is 66.8 Å². The van der Waals surface area contributed by atoms with Crippen molar-refractivity contribution < 1.29 is 18.9 Å². The van der Waals surface area contributed by atoms with Crippen LogP contribution in [-0.4, -0.2) is 12.5 Å². The third-order valence-corrected chi connectivity index (χ3v) is 4.34. The van der Waals surface area contributed by atoms with E-state index in [9.17, 15) is 13.6 Å². The summed E-state index contributed by atoms with van der Waals surface area (Å²) in [6.45, 7) is 2.12. The van der Waals surface area contributed by atoms with Crippen molar-refractivity contribution in [2.24, 2.45) is 0 Å². The Labute approximate surface area is 157 Å². The molecule has 3 rings (SSSR count). The number of carbonyl (C=O) groups excluding carboxylic acids is 1. The molecular formula is C22H21F2N2O+. The van der Waals surface area contributed by atoms with E-state index in [1.165, 1.54) is 6.07 Å². The Balaban J connectivity index is 1.72. The number of amides is 1. The van der Waals surface area contributed by atoms with Crippen LogP contribution in [0.15, 0.2) is 72.8 Å². The second kappa shape index (κ2) is 8.56. The van der Waals surface area contributed by atoms with Gasteiger partial charge < -0.3 is 10.6 Å². The van der Waals surface area contributed by atoms with Crippen molar-refractivity contribution in [1.29, 1.82) is 0 Å². The van der Waals surface area contributed by atoms with Gasteiger partial charge in [-0.2, -0.15) is 0 Å². The van der Waals surface area contributed by atoms with Crippen LogP contribution in [0.2, 0.25) is 0 Å². The minimum atomic E-state index is -0.790. The van der Waals surface area contributed by atoms with Crippen LogP contribution in [-0.2, 0) is 4.79 Å². The second-order valence-corrected chi connectivity index (χ2v) is 6.41. The zero-order chi connectivity index (χ0) is 19.2. The van der Waals surface area contributed by atoms with Gasteiger partial charge in [0, 0.05) is 17.2 Å². The maximum atomic E-state index is 13.7. The first-order chi connectivity index (χ1) is 13.0. The zero-order valence-corrected chi connectivity index (χ0v) is 15.0. The highest BCUT2D eigenvalue weighted by Gasteiger charge is 2.19. The molecule has 0 spiro atoms. The Morgan fingerprint density at radius 1 is 0.963 bits per heavy atom. The summed E-state index contributed by atoms with van der Waals surface area (Å²) < 4.78 is 26.7. The smallest absolute Gasteiger partial charge is 0.279 e. The molecule has 3 aromatic carbocycles. The van der Waals surface area contributed by atoms with E-state index < -0.39 is 11.6 Å². The average Bonchev–Trinajstić information content (AvgIpc) is 2.66. The summed E-state index contributed by atoms with van der Waals surface area (Å²) in [4.78, 5) is 12.3. The number of carbonyl (C=O) groups is 1. The highest BCUT2D eigenvalue weighted by atomic mass is 19.1. The molecule has 0 radical (unpaired) electrons. The number of nitrogens with one attached hydrogen (secondary N) is 1. The number of aryl methyl sites for hydroxylation is 1. The molecule has 0 bridgehead atoms. The van der Waals surface area contributed by atoms with Gasteiger partial charge in [0.25, 0.3) is 5.91 Å². The fraction of sp³-hybridized carbons (Fsp3) is 0.136. The van der Waals surface area contributed by atoms with Crippen LogP contribution >= 0.6 is 0 Å². The maximum absolute atomic E-state index is 13.7. The molecule has 27 heavy (non-hydrogen) atoms. The highest BCUT2D eigenvalue weighted by molar-refractivity contribution is 5.91. The largest absolute Gasteiger partial charge is 0.328 e. The lowest BCUT2D eigenvalue weighted by molar-refractivity contribution is -0.676. The molecule has 0 saturated carbocycles. The molecule has 0 heterocycles. The number of rotatable bonds is 6. The van der Waals surface area contributed by atoms with E-state index in [0.29, 0.717) is 0 Å². The van der Waals surface area contributed by atoms with Gasteiger partial charge in [0.05, 0.1) is 5.69 Å². The summed E-state index contributed by atoms with van der Waals surface area (Å²) in [7, 11) is 0. The lowest BCUT2D eigenvalue weighted by Gasteiger charge is -2.17. The molecule has 0 unspecified atom stereocenters. The van der Waals surface area contributed by atoms with Crippen molar-refractivity contribution in [3.63, 3.8) is 0 Å². The minimum absolute atomic E-state index is 0.0265. The van der Waals surface area contributed by atoms with E-state index in [-0.39, 0.29) is 24.2 Å². The van der Waals surface area contributed by atoms with E-state index in [1.54, 1.807) is 0 Å². The number of nitrogens with two attached hydrogens (primary N) is 1. The maximum Gasteiger partial charge on any atom is 0.279 e. The van der Waals surface area contributed by atoms with Gasteiger partial charge in [-0.05, 0) is 19.1 Å². The van der Waals surface area contributed by atoms with E-state index in [0.717, 1.165) is 28.8 Å². The van der Waals surface area contributed by atoms with Crippen molar-refractivity contribution in [3.8, 4) is 0 Å². The van der Waals surface area contributed by atoms with E-state index in [4.69, 9.17) is 0 Å². The van der Waals surface area contributed by atoms with Crippen LogP contribution in [0, 0.1) is 18.6 Å². The van der Waals surface area contributed by atoms with Crippen molar-refractivity contribution >= 4 is 11.6 Å². The molecular weight excluding hydrogens is 346 g/mol. The lowest BCUT2D eigenvalue weighted by Crippen LogP contribution is -2.87. The van der Waals surface area contributed by atoms with Crippen LogP contribution in [0.3, 0.4) is 0 Å². The van der Waals surface area contributed by atoms with Crippen molar-refractivity contribution in [2.75, 3.05) is 11.9 Å². The van der Waals surface area contributed by atoms with Crippen LogP contribution < -0.4 is 10.6 Å². The van der Waals surface area contributed by atoms with Gasteiger partial charge >= 0.3 is 0 Å². The molecule has 1 atom stereocenters. The molecule has 0 fully saturated rings. The molecule has 138 valence electrons. The van der Waals surface area contributed by atoms with Gasteiger partial charge in [0.2, 0.25) is 0 Å². The van der Waals surface area contributed by atoms with Gasteiger partial charge in [0.1, 0.15) is 17.7 Å². The van der Waals surface area contributed by atoms with E-state index >= 15 is 0 Å². The third-order valence-electron chi connectivity index (χ3n) is 4.34. The molecule has 0 aliphatic carbocycles. The first kappa shape index (κ1) is 18.7. The average molecular weight is 367 g/mol. The van der Waals surface area contributed by atoms with Crippen LogP contribution in [0.4, 0.5) is 14.5 Å². The number of benzene rings is 3. The Morgan fingerprint density at radius 3 is 2.30 bits per heavy atom. The van der Waals surface area contributed by atoms with Crippen molar-refractivity contribution in [3.05, 3.63) is 101 Å². The summed E-state index contributed by atoms with van der Waals surface area (Å²) in [6, 6.07) is 21.1. The molecule has 0 saturated heterocycles. The number of hydrogen-bond donors (Lipinski definition) is 2. The second-order valence-electron chi connectivity index (χ2n) is 6.41.